The SMILES string of the molecule is S=C1N2C=Cc3ccccc3C2Sc2nc3ccccc3n21. The molecule has 1 unspecified atom stereocenters. The number of thiocarbonyl (C=S) groups is 1. The summed E-state index contributed by atoms with van der Waals surface area (Å²) in [5.41, 5.74) is 4.60. The fourth-order valence-electron chi connectivity index (χ4n) is 3.04. The average molecular weight is 321 g/mol. The van der Waals surface area contributed by atoms with Crippen LogP contribution in [0.3, 0.4) is 0 Å². The number of nitrogens with zero attached hydrogens (tertiary/aromatic N) is 3. The van der Waals surface area contributed by atoms with Crippen molar-refractivity contribution in [1.82, 2.24) is 14.5 Å². The molecular weight excluding hydrogens is 310 g/mol. The molecule has 0 saturated heterocycles. The standard InChI is InChI=1S/C17H11N3S2/c21-17-19-10-9-11-5-1-2-6-12(11)15(19)22-16-18-13-7-3-4-8-14(13)20(16)17/h1-10,15H. The highest BCUT2D eigenvalue weighted by atomic mass is 32.2. The van der Waals surface area contributed by atoms with Gasteiger partial charge in [-0.15, -0.1) is 0 Å². The van der Waals surface area contributed by atoms with Gasteiger partial charge in [-0.1, -0.05) is 48.2 Å². The van der Waals surface area contributed by atoms with Crippen molar-refractivity contribution in [1.29, 1.82) is 0 Å². The Hall–Kier alpha value is -2.11. The van der Waals surface area contributed by atoms with Gasteiger partial charge >= 0.3 is 0 Å². The largest absolute Gasteiger partial charge is 0.308 e. The van der Waals surface area contributed by atoms with Crippen LogP contribution in [0.1, 0.15) is 16.5 Å². The molecule has 3 aromatic rings. The zero-order valence-corrected chi connectivity index (χ0v) is 13.1. The molecule has 0 radical (unpaired) electrons. The number of para-hydroxylation sites is 2. The lowest BCUT2D eigenvalue weighted by molar-refractivity contribution is 0.508. The predicted octanol–water partition coefficient (Wildman–Crippen LogP) is 4.26. The summed E-state index contributed by atoms with van der Waals surface area (Å²) in [6.45, 7) is 0. The first-order chi connectivity index (χ1) is 10.8. The monoisotopic (exact) mass is 321 g/mol. The van der Waals surface area contributed by atoms with Crippen LogP contribution >= 0.6 is 24.0 Å². The van der Waals surface area contributed by atoms with Crippen LogP contribution in [0, 0.1) is 0 Å². The molecule has 0 N–H and O–H groups in total. The molecule has 0 fully saturated rings. The summed E-state index contributed by atoms with van der Waals surface area (Å²) < 4.78 is 2.07. The molecular formula is C17H11N3S2. The van der Waals surface area contributed by atoms with E-state index in [1.807, 2.05) is 18.2 Å². The van der Waals surface area contributed by atoms with Crippen LogP contribution < -0.4 is 0 Å². The minimum atomic E-state index is 0.165. The summed E-state index contributed by atoms with van der Waals surface area (Å²) in [7, 11) is 0. The Morgan fingerprint density at radius 3 is 2.82 bits per heavy atom. The second kappa shape index (κ2) is 4.44. The fourth-order valence-corrected chi connectivity index (χ4v) is 4.79. The Kier molecular flexibility index (Phi) is 2.51. The van der Waals surface area contributed by atoms with Gasteiger partial charge in [0.15, 0.2) is 10.3 Å². The van der Waals surface area contributed by atoms with Gasteiger partial charge in [0.2, 0.25) is 0 Å². The Balaban J connectivity index is 1.74. The summed E-state index contributed by atoms with van der Waals surface area (Å²) in [6, 6.07) is 16.6. The van der Waals surface area contributed by atoms with Gasteiger partial charge in [-0.3, -0.25) is 4.57 Å². The summed E-state index contributed by atoms with van der Waals surface area (Å²) in [5, 5.41) is 1.92. The highest BCUT2D eigenvalue weighted by Gasteiger charge is 2.35. The molecule has 3 heterocycles. The molecule has 1 atom stereocenters. The molecule has 106 valence electrons. The second-order valence-corrected chi connectivity index (χ2v) is 6.74. The third-order valence-electron chi connectivity index (χ3n) is 4.09. The van der Waals surface area contributed by atoms with Gasteiger partial charge in [0.1, 0.15) is 5.37 Å². The van der Waals surface area contributed by atoms with Crippen LogP contribution in [0.25, 0.3) is 17.1 Å². The van der Waals surface area contributed by atoms with Crippen molar-refractivity contribution in [2.45, 2.75) is 10.5 Å². The van der Waals surface area contributed by atoms with Crippen LogP contribution in [-0.4, -0.2) is 19.6 Å². The average Bonchev–Trinajstić information content (AvgIpc) is 2.93. The van der Waals surface area contributed by atoms with Crippen LogP contribution in [0.4, 0.5) is 0 Å². The lowest BCUT2D eigenvalue weighted by atomic mass is 10.0. The zero-order chi connectivity index (χ0) is 14.7. The molecule has 22 heavy (non-hydrogen) atoms. The van der Waals surface area contributed by atoms with E-state index in [0.717, 1.165) is 21.3 Å². The van der Waals surface area contributed by atoms with Crippen LogP contribution in [0.2, 0.25) is 0 Å². The summed E-state index contributed by atoms with van der Waals surface area (Å²) in [4.78, 5) is 6.91. The molecule has 0 saturated carbocycles. The third kappa shape index (κ3) is 1.58. The molecule has 3 nitrogen and oxygen atoms in total. The molecule has 5 heteroatoms. The smallest absolute Gasteiger partial charge is 0.187 e. The van der Waals surface area contributed by atoms with E-state index in [9.17, 15) is 0 Å². The van der Waals surface area contributed by atoms with Gasteiger partial charge in [0.05, 0.1) is 11.0 Å². The van der Waals surface area contributed by atoms with E-state index in [-0.39, 0.29) is 5.37 Å². The van der Waals surface area contributed by atoms with E-state index in [1.165, 1.54) is 11.1 Å². The first-order valence-electron chi connectivity index (χ1n) is 7.07. The van der Waals surface area contributed by atoms with Crippen molar-refractivity contribution >= 4 is 46.2 Å². The van der Waals surface area contributed by atoms with E-state index in [1.54, 1.807) is 11.8 Å². The van der Waals surface area contributed by atoms with Crippen LogP contribution in [0.15, 0.2) is 59.9 Å². The number of aromatic nitrogens is 2. The number of hydrogen-bond acceptors (Lipinski definition) is 3. The first-order valence-corrected chi connectivity index (χ1v) is 8.36. The summed E-state index contributed by atoms with van der Waals surface area (Å²) >= 11 is 7.51. The molecule has 0 spiro atoms. The number of hydrogen-bond donors (Lipinski definition) is 0. The molecule has 1 aromatic heterocycles. The number of imidazole rings is 1. The van der Waals surface area contributed by atoms with Crippen LogP contribution in [-0.2, 0) is 0 Å². The summed E-state index contributed by atoms with van der Waals surface area (Å²) in [6.07, 6.45) is 4.21. The number of benzene rings is 2. The Morgan fingerprint density at radius 1 is 1.05 bits per heavy atom. The molecule has 2 aliphatic heterocycles. The van der Waals surface area contributed by atoms with Crippen LogP contribution in [0.5, 0.6) is 0 Å². The molecule has 0 amide bonds. The lowest BCUT2D eigenvalue weighted by Crippen LogP contribution is -2.37. The minimum Gasteiger partial charge on any atom is -0.308 e. The summed E-state index contributed by atoms with van der Waals surface area (Å²) in [5.74, 6) is 0. The van der Waals surface area contributed by atoms with E-state index in [2.05, 4.69) is 52.1 Å². The third-order valence-corrected chi connectivity index (χ3v) is 5.67. The lowest BCUT2D eigenvalue weighted by Gasteiger charge is -2.38. The van der Waals surface area contributed by atoms with Gasteiger partial charge in [0.25, 0.3) is 0 Å². The molecule has 2 aromatic carbocycles. The van der Waals surface area contributed by atoms with Crippen molar-refractivity contribution in [3.8, 4) is 0 Å². The van der Waals surface area contributed by atoms with Crippen molar-refractivity contribution < 1.29 is 0 Å². The maximum absolute atomic E-state index is 5.75. The van der Waals surface area contributed by atoms with Gasteiger partial charge in [-0.25, -0.2) is 4.98 Å². The maximum atomic E-state index is 5.75. The number of fused-ring (bicyclic) bond motifs is 6. The highest BCUT2D eigenvalue weighted by molar-refractivity contribution is 7.99. The Labute approximate surface area is 137 Å². The van der Waals surface area contributed by atoms with Gasteiger partial charge in [-0.05, 0) is 41.6 Å². The number of thioether (sulfide) groups is 1. The molecule has 5 rings (SSSR count). The van der Waals surface area contributed by atoms with Crippen molar-refractivity contribution in [3.63, 3.8) is 0 Å². The van der Waals surface area contributed by atoms with Crippen molar-refractivity contribution in [3.05, 3.63) is 65.9 Å². The number of rotatable bonds is 0. The predicted molar refractivity (Wildman–Crippen MR) is 93.6 cm³/mol. The minimum absolute atomic E-state index is 0.165. The molecule has 0 aliphatic carbocycles. The van der Waals surface area contributed by atoms with Crippen molar-refractivity contribution in [2.75, 3.05) is 0 Å². The van der Waals surface area contributed by atoms with E-state index in [0.29, 0.717) is 0 Å². The van der Waals surface area contributed by atoms with Gasteiger partial charge in [-0.2, -0.15) is 0 Å². The molecule has 2 aliphatic rings. The van der Waals surface area contributed by atoms with Gasteiger partial charge < -0.3 is 4.90 Å². The maximum Gasteiger partial charge on any atom is 0.187 e. The first kappa shape index (κ1) is 12.4. The van der Waals surface area contributed by atoms with E-state index < -0.39 is 0 Å². The molecule has 0 bridgehead atoms. The Bertz CT molecular complexity index is 957. The Morgan fingerprint density at radius 2 is 1.86 bits per heavy atom. The van der Waals surface area contributed by atoms with Gasteiger partial charge in [0, 0.05) is 6.20 Å². The zero-order valence-electron chi connectivity index (χ0n) is 11.5. The second-order valence-electron chi connectivity index (χ2n) is 5.32. The van der Waals surface area contributed by atoms with E-state index >= 15 is 0 Å². The fraction of sp³-hybridized carbons (Fsp3) is 0.0588. The topological polar surface area (TPSA) is 21.1 Å². The van der Waals surface area contributed by atoms with E-state index in [4.69, 9.17) is 17.2 Å². The normalized spacial score (nSPS) is 19.0. The van der Waals surface area contributed by atoms with Crippen molar-refractivity contribution in [2.24, 2.45) is 0 Å². The highest BCUT2D eigenvalue weighted by Crippen LogP contribution is 2.46. The quantitative estimate of drug-likeness (QED) is 0.577.